The fourth-order valence-corrected chi connectivity index (χ4v) is 4.71. The van der Waals surface area contributed by atoms with Gasteiger partial charge in [0.1, 0.15) is 27.2 Å². The standard InChI is InChI=1S/C21H25BrFN5O2S.C2H3N.C2H6/c1-11-10-13-16(15(23)14(11)22)24-19(31-5)17-18(13)28(26-25-17)12-6-8-27(9-7-12)20(29)30-21(2,3)4;1-2-3;1-2/h10,12H,6-9H2,1-5H3;1H3;1-2H3. The van der Waals surface area contributed by atoms with Gasteiger partial charge in [-0.3, -0.25) is 0 Å². The van der Waals surface area contributed by atoms with Crippen molar-refractivity contribution in [2.45, 2.75) is 78.0 Å². The van der Waals surface area contributed by atoms with Crippen LogP contribution in [0.2, 0.25) is 0 Å². The minimum Gasteiger partial charge on any atom is -0.444 e. The number of benzene rings is 1. The van der Waals surface area contributed by atoms with Crippen molar-refractivity contribution in [3.63, 3.8) is 0 Å². The molecule has 3 aromatic rings. The molecule has 2 aromatic heterocycles. The van der Waals surface area contributed by atoms with Crippen molar-refractivity contribution in [3.8, 4) is 6.07 Å². The third-order valence-electron chi connectivity index (χ3n) is 5.38. The molecule has 0 atom stereocenters. The molecule has 36 heavy (non-hydrogen) atoms. The number of nitriles is 1. The third-order valence-corrected chi connectivity index (χ3v) is 7.03. The number of carbonyl (C=O) groups excluding carboxylic acids is 1. The SMILES string of the molecule is CC.CC#N.CSc1nc2c(F)c(Br)c(C)cc2c2c1nnn2C1CCN(C(=O)OC(C)(C)C)CC1. The Labute approximate surface area is 224 Å². The van der Waals surface area contributed by atoms with E-state index in [1.54, 1.807) is 11.0 Å². The minimum absolute atomic E-state index is 0.0519. The predicted octanol–water partition coefficient (Wildman–Crippen LogP) is 7.04. The maximum absolute atomic E-state index is 15.0. The van der Waals surface area contributed by atoms with Gasteiger partial charge in [-0.1, -0.05) is 19.1 Å². The summed E-state index contributed by atoms with van der Waals surface area (Å²) in [5.74, 6) is -0.375. The van der Waals surface area contributed by atoms with Gasteiger partial charge in [-0.25, -0.2) is 18.9 Å². The van der Waals surface area contributed by atoms with E-state index in [-0.39, 0.29) is 18.0 Å². The molecule has 1 amide bonds. The highest BCUT2D eigenvalue weighted by atomic mass is 79.9. The quantitative estimate of drug-likeness (QED) is 0.300. The Morgan fingerprint density at radius 1 is 1.28 bits per heavy atom. The second-order valence-corrected chi connectivity index (χ2v) is 10.6. The lowest BCUT2D eigenvalue weighted by atomic mass is 10.0. The van der Waals surface area contributed by atoms with Gasteiger partial charge in [-0.05, 0) is 74.4 Å². The number of aryl methyl sites for hydroxylation is 1. The number of piperidine rings is 1. The number of carbonyl (C=O) groups is 1. The lowest BCUT2D eigenvalue weighted by molar-refractivity contribution is 0.0185. The van der Waals surface area contributed by atoms with Crippen LogP contribution in [0, 0.1) is 24.1 Å². The number of hydrogen-bond donors (Lipinski definition) is 0. The first kappa shape index (κ1) is 29.8. The number of halogens is 2. The van der Waals surface area contributed by atoms with Crippen molar-refractivity contribution in [1.82, 2.24) is 24.9 Å². The molecule has 0 spiro atoms. The van der Waals surface area contributed by atoms with Crippen LogP contribution in [-0.2, 0) is 4.74 Å². The lowest BCUT2D eigenvalue weighted by Crippen LogP contribution is -2.42. The van der Waals surface area contributed by atoms with Gasteiger partial charge in [0.25, 0.3) is 0 Å². The van der Waals surface area contributed by atoms with E-state index in [1.165, 1.54) is 18.7 Å². The highest BCUT2D eigenvalue weighted by Crippen LogP contribution is 2.37. The summed E-state index contributed by atoms with van der Waals surface area (Å²) >= 11 is 4.75. The van der Waals surface area contributed by atoms with E-state index in [1.807, 2.05) is 58.5 Å². The second-order valence-electron chi connectivity index (χ2n) is 8.99. The Morgan fingerprint density at radius 2 is 1.86 bits per heavy atom. The molecular formula is C25H34BrFN6O2S. The number of aromatic nitrogens is 4. The van der Waals surface area contributed by atoms with Gasteiger partial charge in [0.05, 0.1) is 16.6 Å². The summed E-state index contributed by atoms with van der Waals surface area (Å²) in [6.45, 7) is 14.0. The summed E-state index contributed by atoms with van der Waals surface area (Å²) in [6.07, 6.45) is 3.03. The Balaban J connectivity index is 0.000000850. The zero-order valence-electron chi connectivity index (χ0n) is 22.1. The van der Waals surface area contributed by atoms with Crippen molar-refractivity contribution in [2.75, 3.05) is 19.3 Å². The van der Waals surface area contributed by atoms with Crippen molar-refractivity contribution in [1.29, 1.82) is 5.26 Å². The van der Waals surface area contributed by atoms with E-state index >= 15 is 4.39 Å². The molecule has 0 N–H and O–H groups in total. The van der Waals surface area contributed by atoms with Crippen LogP contribution >= 0.6 is 27.7 Å². The normalized spacial score (nSPS) is 14.0. The van der Waals surface area contributed by atoms with Crippen LogP contribution in [0.25, 0.3) is 21.9 Å². The zero-order valence-corrected chi connectivity index (χ0v) is 24.5. The van der Waals surface area contributed by atoms with E-state index in [0.717, 1.165) is 11.1 Å². The Morgan fingerprint density at radius 3 is 2.39 bits per heavy atom. The number of thioether (sulfide) groups is 1. The first-order valence-corrected chi connectivity index (χ1v) is 13.9. The Bertz CT molecular complexity index is 1260. The average Bonchev–Trinajstić information content (AvgIpc) is 3.29. The van der Waals surface area contributed by atoms with E-state index in [0.29, 0.717) is 51.8 Å². The molecule has 0 unspecified atom stereocenters. The number of likely N-dealkylation sites (tertiary alicyclic amines) is 1. The number of pyridine rings is 1. The molecule has 4 rings (SSSR count). The van der Waals surface area contributed by atoms with Gasteiger partial charge in [0, 0.05) is 25.4 Å². The highest BCUT2D eigenvalue weighted by Gasteiger charge is 2.30. The van der Waals surface area contributed by atoms with Gasteiger partial charge in [0.2, 0.25) is 0 Å². The van der Waals surface area contributed by atoms with Gasteiger partial charge >= 0.3 is 6.09 Å². The molecule has 3 heterocycles. The zero-order chi connectivity index (χ0) is 27.2. The first-order chi connectivity index (χ1) is 17.0. The van der Waals surface area contributed by atoms with Gasteiger partial charge < -0.3 is 9.64 Å². The lowest BCUT2D eigenvalue weighted by Gasteiger charge is -2.33. The van der Waals surface area contributed by atoms with Crippen molar-refractivity contribution < 1.29 is 13.9 Å². The van der Waals surface area contributed by atoms with Crippen LogP contribution in [0.1, 0.15) is 66.0 Å². The van der Waals surface area contributed by atoms with Gasteiger partial charge in [0.15, 0.2) is 5.82 Å². The molecule has 1 aromatic carbocycles. The third kappa shape index (κ3) is 6.45. The molecular weight excluding hydrogens is 547 g/mol. The van der Waals surface area contributed by atoms with Crippen molar-refractivity contribution >= 4 is 55.7 Å². The maximum Gasteiger partial charge on any atom is 0.410 e. The van der Waals surface area contributed by atoms with Crippen LogP contribution in [-0.4, -0.2) is 55.9 Å². The highest BCUT2D eigenvalue weighted by molar-refractivity contribution is 9.10. The van der Waals surface area contributed by atoms with Gasteiger partial charge in [-0.2, -0.15) is 5.26 Å². The predicted molar refractivity (Wildman–Crippen MR) is 146 cm³/mol. The monoisotopic (exact) mass is 580 g/mol. The fraction of sp³-hybridized carbons (Fsp3) is 0.560. The Hall–Kier alpha value is -2.45. The molecule has 1 aliphatic heterocycles. The summed E-state index contributed by atoms with van der Waals surface area (Å²) in [4.78, 5) is 18.7. The van der Waals surface area contributed by atoms with Crippen LogP contribution in [0.5, 0.6) is 0 Å². The number of ether oxygens (including phenoxy) is 1. The largest absolute Gasteiger partial charge is 0.444 e. The summed E-state index contributed by atoms with van der Waals surface area (Å²) in [5.41, 5.74) is 2.05. The molecule has 8 nitrogen and oxygen atoms in total. The number of rotatable bonds is 2. The molecule has 0 radical (unpaired) electrons. The molecule has 1 aliphatic rings. The number of nitrogens with zero attached hydrogens (tertiary/aromatic N) is 6. The molecule has 0 bridgehead atoms. The fourth-order valence-electron chi connectivity index (χ4n) is 3.89. The average molecular weight is 582 g/mol. The van der Waals surface area contributed by atoms with Crippen molar-refractivity contribution in [2.24, 2.45) is 0 Å². The van der Waals surface area contributed by atoms with Crippen LogP contribution in [0.3, 0.4) is 0 Å². The first-order valence-electron chi connectivity index (χ1n) is 11.9. The minimum atomic E-state index is -0.521. The molecule has 1 fully saturated rings. The smallest absolute Gasteiger partial charge is 0.410 e. The van der Waals surface area contributed by atoms with Crippen LogP contribution in [0.4, 0.5) is 9.18 Å². The number of amides is 1. The van der Waals surface area contributed by atoms with Crippen molar-refractivity contribution in [3.05, 3.63) is 21.9 Å². The maximum atomic E-state index is 15.0. The summed E-state index contributed by atoms with van der Waals surface area (Å²) in [6, 6.07) is 3.73. The molecule has 0 saturated carbocycles. The second kappa shape index (κ2) is 12.7. The molecule has 11 heteroatoms. The topological polar surface area (TPSA) is 96.9 Å². The van der Waals surface area contributed by atoms with Gasteiger partial charge in [-0.15, -0.1) is 16.9 Å². The Kier molecular flexibility index (Phi) is 10.5. The van der Waals surface area contributed by atoms with Crippen LogP contribution in [0.15, 0.2) is 15.6 Å². The summed E-state index contributed by atoms with van der Waals surface area (Å²) in [7, 11) is 0. The van der Waals surface area contributed by atoms with E-state index in [4.69, 9.17) is 10.00 Å². The molecule has 1 saturated heterocycles. The summed E-state index contributed by atoms with van der Waals surface area (Å²) < 4.78 is 22.8. The number of fused-ring (bicyclic) bond motifs is 3. The van der Waals surface area contributed by atoms with Crippen LogP contribution < -0.4 is 0 Å². The van der Waals surface area contributed by atoms with E-state index in [9.17, 15) is 4.79 Å². The summed E-state index contributed by atoms with van der Waals surface area (Å²) in [5, 5.41) is 17.5. The van der Waals surface area contributed by atoms with E-state index < -0.39 is 5.60 Å². The van der Waals surface area contributed by atoms with E-state index in [2.05, 4.69) is 31.2 Å². The molecule has 0 aliphatic carbocycles. The molecule has 196 valence electrons. The number of hydrogen-bond acceptors (Lipinski definition) is 7.